The van der Waals surface area contributed by atoms with Crippen LogP contribution in [0, 0.1) is 5.92 Å². The molecule has 0 N–H and O–H groups in total. The smallest absolute Gasteiger partial charge is 0.253 e. The van der Waals surface area contributed by atoms with Gasteiger partial charge in [-0.25, -0.2) is 4.98 Å². The quantitative estimate of drug-likeness (QED) is 0.537. The molecule has 3 aromatic rings. The molecule has 0 saturated carbocycles. The minimum atomic E-state index is 0.0947. The Morgan fingerprint density at radius 2 is 2.03 bits per heavy atom. The molecule has 0 aliphatic carbocycles. The lowest BCUT2D eigenvalue weighted by molar-refractivity contribution is 0.0322. The highest BCUT2D eigenvalue weighted by atomic mass is 16.5. The van der Waals surface area contributed by atoms with Crippen LogP contribution < -0.4 is 4.74 Å². The van der Waals surface area contributed by atoms with Crippen molar-refractivity contribution in [2.45, 2.75) is 25.7 Å². The summed E-state index contributed by atoms with van der Waals surface area (Å²) in [6.45, 7) is 6.54. The van der Waals surface area contributed by atoms with Crippen LogP contribution in [-0.4, -0.2) is 82.6 Å². The number of ether oxygens (including phenoxy) is 2. The Labute approximate surface area is 200 Å². The van der Waals surface area contributed by atoms with Crippen molar-refractivity contribution in [3.63, 3.8) is 0 Å². The lowest BCUT2D eigenvalue weighted by atomic mass is 9.95. The molecule has 5 rings (SSSR count). The maximum atomic E-state index is 13.2. The molecule has 2 aliphatic heterocycles. The van der Waals surface area contributed by atoms with Crippen LogP contribution in [0.2, 0.25) is 0 Å². The third kappa shape index (κ3) is 5.74. The summed E-state index contributed by atoms with van der Waals surface area (Å²) in [6.07, 6.45) is 11.7. The first-order valence-corrected chi connectivity index (χ1v) is 12.3. The largest absolute Gasteiger partial charge is 0.492 e. The number of benzene rings is 1. The van der Waals surface area contributed by atoms with Crippen molar-refractivity contribution in [1.82, 2.24) is 24.2 Å². The monoisotopic (exact) mass is 463 g/mol. The van der Waals surface area contributed by atoms with Crippen LogP contribution in [0.3, 0.4) is 0 Å². The molecule has 8 nitrogen and oxygen atoms in total. The number of imidazole rings is 1. The molecular weight excluding hydrogens is 430 g/mol. The van der Waals surface area contributed by atoms with Gasteiger partial charge in [-0.1, -0.05) is 6.07 Å². The molecule has 0 radical (unpaired) electrons. The first-order chi connectivity index (χ1) is 16.7. The third-order valence-corrected chi connectivity index (χ3v) is 6.83. The van der Waals surface area contributed by atoms with E-state index >= 15 is 0 Å². The van der Waals surface area contributed by atoms with Crippen molar-refractivity contribution < 1.29 is 14.3 Å². The topological polar surface area (TPSA) is 72.2 Å². The molecule has 180 valence electrons. The molecule has 4 heterocycles. The zero-order valence-corrected chi connectivity index (χ0v) is 19.6. The van der Waals surface area contributed by atoms with Crippen molar-refractivity contribution in [3.8, 4) is 5.75 Å². The number of nitrogens with zero attached hydrogens (tertiary/aromatic N) is 5. The summed E-state index contributed by atoms with van der Waals surface area (Å²) in [6, 6.07) is 7.62. The Bertz CT molecular complexity index is 1090. The lowest BCUT2D eigenvalue weighted by Crippen LogP contribution is -2.38. The van der Waals surface area contributed by atoms with Gasteiger partial charge < -0.3 is 18.8 Å². The number of carbonyl (C=O) groups excluding carboxylic acids is 1. The molecule has 8 heteroatoms. The summed E-state index contributed by atoms with van der Waals surface area (Å²) in [5.41, 5.74) is 2.65. The van der Waals surface area contributed by atoms with Crippen molar-refractivity contribution in [2.24, 2.45) is 5.92 Å². The van der Waals surface area contributed by atoms with Gasteiger partial charge in [0.25, 0.3) is 5.91 Å². The van der Waals surface area contributed by atoms with Crippen LogP contribution in [0.1, 0.15) is 35.3 Å². The second-order valence-corrected chi connectivity index (χ2v) is 9.19. The molecule has 34 heavy (non-hydrogen) atoms. The van der Waals surface area contributed by atoms with Gasteiger partial charge in [-0.3, -0.25) is 14.7 Å². The van der Waals surface area contributed by atoms with E-state index in [1.165, 1.54) is 0 Å². The molecule has 2 fully saturated rings. The van der Waals surface area contributed by atoms with E-state index < -0.39 is 0 Å². The number of rotatable bonds is 7. The number of hydrogen-bond acceptors (Lipinski definition) is 6. The van der Waals surface area contributed by atoms with E-state index in [4.69, 9.17) is 9.47 Å². The molecule has 1 atom stereocenters. The van der Waals surface area contributed by atoms with Crippen molar-refractivity contribution in [1.29, 1.82) is 0 Å². The average Bonchev–Trinajstić information content (AvgIpc) is 3.22. The highest BCUT2D eigenvalue weighted by molar-refractivity contribution is 5.94. The number of amides is 1. The summed E-state index contributed by atoms with van der Waals surface area (Å²) < 4.78 is 13.4. The van der Waals surface area contributed by atoms with Gasteiger partial charge in [0, 0.05) is 56.9 Å². The molecule has 0 spiro atoms. The molecule has 1 aromatic carbocycles. The molecule has 1 amide bonds. The summed E-state index contributed by atoms with van der Waals surface area (Å²) in [5.74, 6) is 1.38. The minimum Gasteiger partial charge on any atom is -0.492 e. The summed E-state index contributed by atoms with van der Waals surface area (Å²) in [5, 5.41) is 0. The van der Waals surface area contributed by atoms with Crippen molar-refractivity contribution in [3.05, 3.63) is 60.3 Å². The molecule has 0 bridgehead atoms. The molecule has 2 aliphatic rings. The molecular formula is C26H33N5O3. The Balaban J connectivity index is 1.13. The minimum absolute atomic E-state index is 0.0947. The Hall–Kier alpha value is -2.97. The zero-order chi connectivity index (χ0) is 23.2. The number of fused-ring (bicyclic) bond motifs is 1. The van der Waals surface area contributed by atoms with Crippen LogP contribution >= 0.6 is 0 Å². The predicted molar refractivity (Wildman–Crippen MR) is 129 cm³/mol. The van der Waals surface area contributed by atoms with E-state index in [0.29, 0.717) is 18.1 Å². The number of aromatic nitrogens is 3. The van der Waals surface area contributed by atoms with Crippen molar-refractivity contribution >= 4 is 11.6 Å². The van der Waals surface area contributed by atoms with Gasteiger partial charge in [-0.2, -0.15) is 0 Å². The second-order valence-electron chi connectivity index (χ2n) is 9.19. The van der Waals surface area contributed by atoms with Crippen LogP contribution in [0.5, 0.6) is 5.75 Å². The van der Waals surface area contributed by atoms with Crippen LogP contribution in [0.15, 0.2) is 49.1 Å². The Morgan fingerprint density at radius 3 is 2.94 bits per heavy atom. The summed E-state index contributed by atoms with van der Waals surface area (Å²) in [4.78, 5) is 26.4. The van der Waals surface area contributed by atoms with Crippen LogP contribution in [0.25, 0.3) is 5.65 Å². The molecule has 2 aromatic heterocycles. The lowest BCUT2D eigenvalue weighted by Gasteiger charge is -2.26. The molecule has 0 unspecified atom stereocenters. The Kier molecular flexibility index (Phi) is 7.36. The van der Waals surface area contributed by atoms with Crippen LogP contribution in [0.4, 0.5) is 0 Å². The zero-order valence-electron chi connectivity index (χ0n) is 19.6. The highest BCUT2D eigenvalue weighted by Gasteiger charge is 2.22. The van der Waals surface area contributed by atoms with Crippen molar-refractivity contribution in [2.75, 3.05) is 52.5 Å². The average molecular weight is 464 g/mol. The normalized spacial score (nSPS) is 19.8. The van der Waals surface area contributed by atoms with E-state index in [2.05, 4.69) is 21.1 Å². The van der Waals surface area contributed by atoms with E-state index in [1.54, 1.807) is 6.20 Å². The van der Waals surface area contributed by atoms with E-state index in [-0.39, 0.29) is 5.91 Å². The van der Waals surface area contributed by atoms with Gasteiger partial charge in [-0.05, 0) is 49.8 Å². The number of likely N-dealkylation sites (tertiary alicyclic amines) is 1. The molecule has 2 saturated heterocycles. The number of carbonyl (C=O) groups is 1. The van der Waals surface area contributed by atoms with Gasteiger partial charge in [0.1, 0.15) is 12.4 Å². The first kappa shape index (κ1) is 22.8. The second kappa shape index (κ2) is 11.0. The van der Waals surface area contributed by atoms with E-state index in [1.807, 2.05) is 46.0 Å². The third-order valence-electron chi connectivity index (χ3n) is 6.83. The fraction of sp³-hybridized carbons (Fsp3) is 0.500. The standard InChI is InChI=1S/C26H33N5O3/c32-26(22-4-1-5-24(18-22)34-16-13-29-11-14-33-15-12-29)30-8-2-3-21(6-9-30)17-23-20-31-10-7-27-25(31)19-28-23/h1,4-5,7,10,18-21H,2-3,6,8-9,11-17H2/t21-/m0/s1. The number of hydrogen-bond donors (Lipinski definition) is 0. The van der Waals surface area contributed by atoms with Gasteiger partial charge in [0.2, 0.25) is 0 Å². The first-order valence-electron chi connectivity index (χ1n) is 12.3. The fourth-order valence-electron chi connectivity index (χ4n) is 4.86. The van der Waals surface area contributed by atoms with E-state index in [9.17, 15) is 4.79 Å². The van der Waals surface area contributed by atoms with Gasteiger partial charge in [0.15, 0.2) is 5.65 Å². The van der Waals surface area contributed by atoms with Gasteiger partial charge in [0.05, 0.1) is 25.1 Å². The SMILES string of the molecule is O=C(c1cccc(OCCN2CCOCC2)c1)N1CCC[C@H](Cc2cn3ccnc3cn2)CC1. The fourth-order valence-corrected chi connectivity index (χ4v) is 4.86. The highest BCUT2D eigenvalue weighted by Crippen LogP contribution is 2.23. The van der Waals surface area contributed by atoms with Gasteiger partial charge >= 0.3 is 0 Å². The van der Waals surface area contributed by atoms with Crippen LogP contribution in [-0.2, 0) is 11.2 Å². The Morgan fingerprint density at radius 1 is 1.12 bits per heavy atom. The maximum absolute atomic E-state index is 13.2. The predicted octanol–water partition coefficient (Wildman–Crippen LogP) is 2.93. The summed E-state index contributed by atoms with van der Waals surface area (Å²) >= 11 is 0. The van der Waals surface area contributed by atoms with E-state index in [0.717, 1.165) is 88.7 Å². The number of morpholine rings is 1. The summed E-state index contributed by atoms with van der Waals surface area (Å²) in [7, 11) is 0. The maximum Gasteiger partial charge on any atom is 0.253 e. The van der Waals surface area contributed by atoms with Gasteiger partial charge in [-0.15, -0.1) is 0 Å².